The first-order valence-corrected chi connectivity index (χ1v) is 13.2. The largest absolute Gasteiger partial charge is 0.356 e. The zero-order valence-electron chi connectivity index (χ0n) is 18.2. The second-order valence-corrected chi connectivity index (χ2v) is 11.1. The molecule has 172 valence electrons. The molecule has 1 aromatic heterocycles. The number of sulfonamides is 1. The maximum atomic E-state index is 13.2. The number of hydrogen-bond acceptors (Lipinski definition) is 6. The molecule has 3 heterocycles. The number of aromatic nitrogens is 2. The number of benzene rings is 1. The summed E-state index contributed by atoms with van der Waals surface area (Å²) in [5.41, 5.74) is 0. The van der Waals surface area contributed by atoms with E-state index in [1.165, 1.54) is 4.31 Å². The smallest absolute Gasteiger partial charge is 0.243 e. The first-order valence-electron chi connectivity index (χ1n) is 10.9. The topological polar surface area (TPSA) is 86.7 Å². The van der Waals surface area contributed by atoms with Gasteiger partial charge < -0.3 is 9.80 Å². The summed E-state index contributed by atoms with van der Waals surface area (Å²) >= 11 is 3.34. The average molecular weight is 522 g/mol. The fourth-order valence-electron chi connectivity index (χ4n) is 4.34. The molecule has 0 atom stereocenters. The number of piperidine rings is 1. The number of carbonyl (C=O) groups excluding carboxylic acids is 1. The number of hydrogen-bond donors (Lipinski definition) is 0. The van der Waals surface area contributed by atoms with Crippen molar-refractivity contribution in [3.05, 3.63) is 46.8 Å². The van der Waals surface area contributed by atoms with Crippen LogP contribution in [0.4, 0.5) is 5.82 Å². The predicted molar refractivity (Wildman–Crippen MR) is 126 cm³/mol. The van der Waals surface area contributed by atoms with E-state index in [0.717, 1.165) is 42.0 Å². The number of nitrogens with zero attached hydrogens (tertiary/aromatic N) is 5. The van der Waals surface area contributed by atoms with Gasteiger partial charge in [-0.05, 0) is 56.5 Å². The SMILES string of the molecule is Cc1nccc(N2CCC(C(=O)N3CCCN(S(=O)(=O)c4ccc(Br)cc4)CC3)CC2)n1. The molecule has 0 bridgehead atoms. The maximum Gasteiger partial charge on any atom is 0.243 e. The monoisotopic (exact) mass is 521 g/mol. The third kappa shape index (κ3) is 5.13. The van der Waals surface area contributed by atoms with Gasteiger partial charge in [-0.2, -0.15) is 4.31 Å². The summed E-state index contributed by atoms with van der Waals surface area (Å²) in [5, 5.41) is 0. The van der Waals surface area contributed by atoms with E-state index >= 15 is 0 Å². The zero-order chi connectivity index (χ0) is 22.7. The highest BCUT2D eigenvalue weighted by molar-refractivity contribution is 9.10. The number of carbonyl (C=O) groups is 1. The summed E-state index contributed by atoms with van der Waals surface area (Å²) < 4.78 is 28.4. The number of halogens is 1. The molecule has 4 rings (SSSR count). The van der Waals surface area contributed by atoms with Crippen LogP contribution in [0, 0.1) is 12.8 Å². The van der Waals surface area contributed by atoms with Crippen molar-refractivity contribution in [2.75, 3.05) is 44.2 Å². The van der Waals surface area contributed by atoms with Gasteiger partial charge in [0.1, 0.15) is 11.6 Å². The van der Waals surface area contributed by atoms with Gasteiger partial charge in [-0.1, -0.05) is 15.9 Å². The Morgan fingerprint density at radius 3 is 2.41 bits per heavy atom. The summed E-state index contributed by atoms with van der Waals surface area (Å²) in [5.74, 6) is 1.77. The van der Waals surface area contributed by atoms with Gasteiger partial charge in [-0.3, -0.25) is 4.79 Å². The molecule has 1 aromatic carbocycles. The second-order valence-electron chi connectivity index (χ2n) is 8.26. The van der Waals surface area contributed by atoms with Crippen LogP contribution in [0.3, 0.4) is 0 Å². The van der Waals surface area contributed by atoms with Crippen molar-refractivity contribution >= 4 is 37.7 Å². The van der Waals surface area contributed by atoms with Crippen molar-refractivity contribution in [3.63, 3.8) is 0 Å². The summed E-state index contributed by atoms with van der Waals surface area (Å²) in [4.78, 5) is 26.1. The average Bonchev–Trinajstić information content (AvgIpc) is 3.06. The van der Waals surface area contributed by atoms with Gasteiger partial charge in [-0.25, -0.2) is 18.4 Å². The Hall–Kier alpha value is -2.04. The van der Waals surface area contributed by atoms with Crippen molar-refractivity contribution in [2.24, 2.45) is 5.92 Å². The lowest BCUT2D eigenvalue weighted by Gasteiger charge is -2.34. The number of amides is 1. The Morgan fingerprint density at radius 1 is 1.00 bits per heavy atom. The fraction of sp³-hybridized carbons (Fsp3) is 0.500. The van der Waals surface area contributed by atoms with Gasteiger partial charge in [0.05, 0.1) is 4.90 Å². The number of rotatable bonds is 4. The van der Waals surface area contributed by atoms with Crippen LogP contribution in [0.2, 0.25) is 0 Å². The Morgan fingerprint density at radius 2 is 1.72 bits per heavy atom. The molecule has 2 aliphatic heterocycles. The Labute approximate surface area is 197 Å². The molecule has 2 aliphatic rings. The lowest BCUT2D eigenvalue weighted by molar-refractivity contribution is -0.136. The van der Waals surface area contributed by atoms with Gasteiger partial charge in [0, 0.05) is 55.9 Å². The van der Waals surface area contributed by atoms with E-state index in [0.29, 0.717) is 32.6 Å². The van der Waals surface area contributed by atoms with Crippen LogP contribution in [0.1, 0.15) is 25.1 Å². The molecule has 0 radical (unpaired) electrons. The minimum atomic E-state index is -3.56. The number of anilines is 1. The third-order valence-electron chi connectivity index (χ3n) is 6.15. The predicted octanol–water partition coefficient (Wildman–Crippen LogP) is 2.69. The van der Waals surface area contributed by atoms with E-state index in [4.69, 9.17) is 0 Å². The van der Waals surface area contributed by atoms with Crippen molar-refractivity contribution < 1.29 is 13.2 Å². The molecule has 0 spiro atoms. The highest BCUT2D eigenvalue weighted by atomic mass is 79.9. The molecule has 0 unspecified atom stereocenters. The van der Waals surface area contributed by atoms with Crippen LogP contribution in [-0.2, 0) is 14.8 Å². The molecular weight excluding hydrogens is 494 g/mol. The molecular formula is C22H28BrN5O3S. The zero-order valence-corrected chi connectivity index (χ0v) is 20.6. The summed E-state index contributed by atoms with van der Waals surface area (Å²) in [6.07, 6.45) is 3.96. The Balaban J connectivity index is 1.34. The summed E-state index contributed by atoms with van der Waals surface area (Å²) in [6.45, 7) is 5.21. The highest BCUT2D eigenvalue weighted by Gasteiger charge is 2.32. The second kappa shape index (κ2) is 9.84. The summed E-state index contributed by atoms with van der Waals surface area (Å²) in [6, 6.07) is 8.59. The van der Waals surface area contributed by atoms with E-state index in [9.17, 15) is 13.2 Å². The molecule has 0 saturated carbocycles. The molecule has 1 amide bonds. The van der Waals surface area contributed by atoms with Crippen LogP contribution >= 0.6 is 15.9 Å². The molecule has 32 heavy (non-hydrogen) atoms. The molecule has 2 fully saturated rings. The van der Waals surface area contributed by atoms with Gasteiger partial charge in [0.15, 0.2) is 0 Å². The van der Waals surface area contributed by atoms with Gasteiger partial charge in [-0.15, -0.1) is 0 Å². The van der Waals surface area contributed by atoms with E-state index in [1.807, 2.05) is 17.9 Å². The van der Waals surface area contributed by atoms with Gasteiger partial charge >= 0.3 is 0 Å². The maximum absolute atomic E-state index is 13.2. The molecule has 2 saturated heterocycles. The highest BCUT2D eigenvalue weighted by Crippen LogP contribution is 2.25. The minimum absolute atomic E-state index is 0.0242. The lowest BCUT2D eigenvalue weighted by atomic mass is 9.95. The van der Waals surface area contributed by atoms with Crippen molar-refractivity contribution in [1.29, 1.82) is 0 Å². The molecule has 0 N–H and O–H groups in total. The molecule has 8 nitrogen and oxygen atoms in total. The number of aryl methyl sites for hydroxylation is 1. The summed E-state index contributed by atoms with van der Waals surface area (Å²) in [7, 11) is -3.56. The minimum Gasteiger partial charge on any atom is -0.356 e. The van der Waals surface area contributed by atoms with Crippen LogP contribution in [0.5, 0.6) is 0 Å². The van der Waals surface area contributed by atoms with Crippen molar-refractivity contribution in [1.82, 2.24) is 19.2 Å². The Bertz CT molecular complexity index is 1060. The molecule has 10 heteroatoms. The quantitative estimate of drug-likeness (QED) is 0.614. The molecule has 0 aliphatic carbocycles. The first-order chi connectivity index (χ1) is 15.3. The van der Waals surface area contributed by atoms with E-state index in [1.54, 1.807) is 30.5 Å². The van der Waals surface area contributed by atoms with Crippen LogP contribution in [0.15, 0.2) is 45.9 Å². The van der Waals surface area contributed by atoms with Crippen LogP contribution in [-0.4, -0.2) is 72.8 Å². The van der Waals surface area contributed by atoms with Crippen LogP contribution < -0.4 is 4.90 Å². The van der Waals surface area contributed by atoms with E-state index in [2.05, 4.69) is 30.8 Å². The van der Waals surface area contributed by atoms with Crippen LogP contribution in [0.25, 0.3) is 0 Å². The first kappa shape index (κ1) is 23.1. The normalized spacial score (nSPS) is 19.1. The third-order valence-corrected chi connectivity index (χ3v) is 8.59. The lowest BCUT2D eigenvalue weighted by Crippen LogP contribution is -2.44. The van der Waals surface area contributed by atoms with Crippen molar-refractivity contribution in [2.45, 2.75) is 31.1 Å². The van der Waals surface area contributed by atoms with Gasteiger partial charge in [0.25, 0.3) is 0 Å². The van der Waals surface area contributed by atoms with E-state index in [-0.39, 0.29) is 16.7 Å². The standard InChI is InChI=1S/C22H28BrN5O3S/c1-17-24-10-7-21(25-17)26-13-8-18(9-14-26)22(29)27-11-2-12-28(16-15-27)32(30,31)20-5-3-19(23)4-6-20/h3-7,10,18H,2,8-9,11-16H2,1H3. The van der Waals surface area contributed by atoms with Crippen molar-refractivity contribution in [3.8, 4) is 0 Å². The Kier molecular flexibility index (Phi) is 7.11. The van der Waals surface area contributed by atoms with Gasteiger partial charge in [0.2, 0.25) is 15.9 Å². The van der Waals surface area contributed by atoms with E-state index < -0.39 is 10.0 Å². The fourth-order valence-corrected chi connectivity index (χ4v) is 6.08. The molecule has 2 aromatic rings.